The third kappa shape index (κ3) is 2.17. The van der Waals surface area contributed by atoms with Crippen LogP contribution in [0, 0.1) is 0 Å². The molecule has 0 aliphatic rings. The van der Waals surface area contributed by atoms with Gasteiger partial charge in [0.25, 0.3) is 0 Å². The lowest BCUT2D eigenvalue weighted by atomic mass is 10.2. The summed E-state index contributed by atoms with van der Waals surface area (Å²) in [4.78, 5) is 8.40. The average molecular weight is 276 g/mol. The minimum atomic E-state index is 0.165. The van der Waals surface area contributed by atoms with E-state index in [1.807, 2.05) is 33.5 Å². The molecule has 0 aliphatic carbocycles. The maximum absolute atomic E-state index is 6.05. The molecule has 0 radical (unpaired) electrons. The van der Waals surface area contributed by atoms with E-state index in [0.717, 1.165) is 17.6 Å². The van der Waals surface area contributed by atoms with Crippen LogP contribution in [0.4, 0.5) is 5.95 Å². The molecule has 0 saturated heterocycles. The van der Waals surface area contributed by atoms with Gasteiger partial charge in [0, 0.05) is 24.0 Å². The first kappa shape index (κ1) is 12.0. The molecular weight excluding hydrogens is 262 g/mol. The summed E-state index contributed by atoms with van der Waals surface area (Å²) in [6.45, 7) is 2.88. The Morgan fingerprint density at radius 3 is 3.00 bits per heavy atom. The van der Waals surface area contributed by atoms with Crippen molar-refractivity contribution in [1.82, 2.24) is 19.1 Å². The maximum atomic E-state index is 6.05. The Balaban J connectivity index is 2.03. The van der Waals surface area contributed by atoms with Crippen LogP contribution in [0.5, 0.6) is 0 Å². The summed E-state index contributed by atoms with van der Waals surface area (Å²) in [7, 11) is 0. The van der Waals surface area contributed by atoms with Gasteiger partial charge >= 0.3 is 0 Å². The zero-order chi connectivity index (χ0) is 13.4. The van der Waals surface area contributed by atoms with E-state index in [4.69, 9.17) is 17.3 Å². The van der Waals surface area contributed by atoms with Gasteiger partial charge in [-0.3, -0.25) is 0 Å². The molecule has 3 rings (SSSR count). The molecule has 2 heterocycles. The molecule has 2 aromatic heterocycles. The molecule has 5 nitrogen and oxygen atoms in total. The number of halogens is 1. The summed E-state index contributed by atoms with van der Waals surface area (Å²) < 4.78 is 4.02. The first-order valence-corrected chi connectivity index (χ1v) is 6.41. The van der Waals surface area contributed by atoms with Crippen LogP contribution in [-0.2, 0) is 6.54 Å². The second kappa shape index (κ2) is 4.59. The average Bonchev–Trinajstić information content (AvgIpc) is 2.95. The molecular formula is C13H14ClN5. The van der Waals surface area contributed by atoms with Gasteiger partial charge in [-0.1, -0.05) is 11.6 Å². The fourth-order valence-electron chi connectivity index (χ4n) is 2.33. The number of anilines is 1. The molecule has 0 aliphatic heterocycles. The fraction of sp³-hybridized carbons (Fsp3) is 0.231. The maximum Gasteiger partial charge on any atom is 0.201 e. The molecule has 1 aromatic carbocycles. The molecule has 0 bridgehead atoms. The highest BCUT2D eigenvalue weighted by Gasteiger charge is 2.14. The fourth-order valence-corrected chi connectivity index (χ4v) is 2.50. The van der Waals surface area contributed by atoms with Gasteiger partial charge in [0.05, 0.1) is 23.4 Å². The molecule has 3 aromatic rings. The van der Waals surface area contributed by atoms with Gasteiger partial charge in [-0.15, -0.1) is 0 Å². The van der Waals surface area contributed by atoms with Crippen LogP contribution in [0.15, 0.2) is 36.9 Å². The number of hydrogen-bond acceptors (Lipinski definition) is 3. The number of nitrogens with two attached hydrogens (primary N) is 1. The number of benzene rings is 1. The van der Waals surface area contributed by atoms with Crippen molar-refractivity contribution in [2.24, 2.45) is 0 Å². The number of imidazole rings is 2. The number of fused-ring (bicyclic) bond motifs is 1. The zero-order valence-corrected chi connectivity index (χ0v) is 11.2. The molecule has 0 spiro atoms. The number of hydrogen-bond donors (Lipinski definition) is 1. The minimum absolute atomic E-state index is 0.165. The number of rotatable bonds is 3. The van der Waals surface area contributed by atoms with E-state index >= 15 is 0 Å². The minimum Gasteiger partial charge on any atom is -0.369 e. The van der Waals surface area contributed by atoms with Crippen molar-refractivity contribution in [2.75, 3.05) is 5.73 Å². The van der Waals surface area contributed by atoms with E-state index < -0.39 is 0 Å². The third-order valence-corrected chi connectivity index (χ3v) is 3.39. The monoisotopic (exact) mass is 275 g/mol. The van der Waals surface area contributed by atoms with Crippen LogP contribution in [0.3, 0.4) is 0 Å². The van der Waals surface area contributed by atoms with Crippen molar-refractivity contribution in [3.8, 4) is 0 Å². The van der Waals surface area contributed by atoms with Gasteiger partial charge in [-0.05, 0) is 25.1 Å². The van der Waals surface area contributed by atoms with Crippen molar-refractivity contribution in [1.29, 1.82) is 0 Å². The molecule has 0 fully saturated rings. The van der Waals surface area contributed by atoms with Crippen LogP contribution in [0.2, 0.25) is 5.02 Å². The van der Waals surface area contributed by atoms with E-state index in [9.17, 15) is 0 Å². The molecule has 1 unspecified atom stereocenters. The predicted molar refractivity (Wildman–Crippen MR) is 76.1 cm³/mol. The van der Waals surface area contributed by atoms with Crippen LogP contribution in [0.1, 0.15) is 13.0 Å². The number of nitrogens with zero attached hydrogens (tertiary/aromatic N) is 4. The summed E-state index contributed by atoms with van der Waals surface area (Å²) in [5, 5.41) is 0.684. The van der Waals surface area contributed by atoms with Crippen molar-refractivity contribution < 1.29 is 0 Å². The van der Waals surface area contributed by atoms with E-state index in [1.165, 1.54) is 0 Å². The lowest BCUT2D eigenvalue weighted by Crippen LogP contribution is -2.14. The third-order valence-electron chi connectivity index (χ3n) is 3.15. The molecule has 2 N–H and O–H groups in total. The van der Waals surface area contributed by atoms with E-state index in [0.29, 0.717) is 11.0 Å². The normalized spacial score (nSPS) is 12.9. The molecule has 98 valence electrons. The molecule has 0 saturated carbocycles. The highest BCUT2D eigenvalue weighted by Crippen LogP contribution is 2.26. The van der Waals surface area contributed by atoms with E-state index in [2.05, 4.69) is 16.9 Å². The highest BCUT2D eigenvalue weighted by molar-refractivity contribution is 6.31. The first-order valence-electron chi connectivity index (χ1n) is 6.04. The number of nitrogen functional groups attached to an aromatic ring is 1. The van der Waals surface area contributed by atoms with Gasteiger partial charge < -0.3 is 14.9 Å². The predicted octanol–water partition coefficient (Wildman–Crippen LogP) is 2.73. The second-order valence-electron chi connectivity index (χ2n) is 4.58. The Labute approximate surface area is 115 Å². The Hall–Kier alpha value is -2.01. The Bertz CT molecular complexity index is 701. The molecule has 1 atom stereocenters. The lowest BCUT2D eigenvalue weighted by Gasteiger charge is -2.16. The summed E-state index contributed by atoms with van der Waals surface area (Å²) in [6.07, 6.45) is 5.48. The van der Waals surface area contributed by atoms with Gasteiger partial charge in [0.15, 0.2) is 0 Å². The van der Waals surface area contributed by atoms with Gasteiger partial charge in [0.1, 0.15) is 0 Å². The summed E-state index contributed by atoms with van der Waals surface area (Å²) in [6, 6.07) is 5.76. The summed E-state index contributed by atoms with van der Waals surface area (Å²) in [5.74, 6) is 0.505. The molecule has 0 amide bonds. The smallest absolute Gasteiger partial charge is 0.201 e. The largest absolute Gasteiger partial charge is 0.369 e. The topological polar surface area (TPSA) is 61.7 Å². The Kier molecular flexibility index (Phi) is 2.91. The quantitative estimate of drug-likeness (QED) is 0.799. The van der Waals surface area contributed by atoms with Crippen LogP contribution in [-0.4, -0.2) is 19.1 Å². The summed E-state index contributed by atoms with van der Waals surface area (Å²) in [5.41, 5.74) is 7.83. The van der Waals surface area contributed by atoms with Crippen molar-refractivity contribution in [2.45, 2.75) is 19.5 Å². The Morgan fingerprint density at radius 2 is 2.26 bits per heavy atom. The standard InChI is InChI=1S/C13H14ClN5/c1-9(7-18-5-4-16-8-18)19-12-6-10(14)2-3-11(12)17-13(19)15/h2-6,8-9H,7H2,1H3,(H2,15,17). The highest BCUT2D eigenvalue weighted by atomic mass is 35.5. The van der Waals surface area contributed by atoms with Crippen LogP contribution >= 0.6 is 11.6 Å². The van der Waals surface area contributed by atoms with Crippen molar-refractivity contribution >= 4 is 28.6 Å². The Morgan fingerprint density at radius 1 is 1.42 bits per heavy atom. The zero-order valence-electron chi connectivity index (χ0n) is 10.5. The lowest BCUT2D eigenvalue weighted by molar-refractivity contribution is 0.479. The van der Waals surface area contributed by atoms with Crippen LogP contribution in [0.25, 0.3) is 11.0 Å². The SMILES string of the molecule is CC(Cn1ccnc1)n1c(N)nc2ccc(Cl)cc21. The number of aromatic nitrogens is 4. The van der Waals surface area contributed by atoms with E-state index in [-0.39, 0.29) is 6.04 Å². The van der Waals surface area contributed by atoms with Gasteiger partial charge in [0.2, 0.25) is 5.95 Å². The second-order valence-corrected chi connectivity index (χ2v) is 5.02. The molecule has 19 heavy (non-hydrogen) atoms. The van der Waals surface area contributed by atoms with Crippen molar-refractivity contribution in [3.05, 3.63) is 41.9 Å². The van der Waals surface area contributed by atoms with Gasteiger partial charge in [-0.25, -0.2) is 9.97 Å². The van der Waals surface area contributed by atoms with Crippen LogP contribution < -0.4 is 5.73 Å². The van der Waals surface area contributed by atoms with Crippen molar-refractivity contribution in [3.63, 3.8) is 0 Å². The summed E-state index contributed by atoms with van der Waals surface area (Å²) >= 11 is 6.05. The first-order chi connectivity index (χ1) is 9.15. The molecule has 6 heteroatoms. The van der Waals surface area contributed by atoms with Gasteiger partial charge in [-0.2, -0.15) is 0 Å². The van der Waals surface area contributed by atoms with E-state index in [1.54, 1.807) is 12.5 Å².